The van der Waals surface area contributed by atoms with Crippen molar-refractivity contribution in [2.75, 3.05) is 5.88 Å². The van der Waals surface area contributed by atoms with E-state index in [1.165, 1.54) is 12.2 Å². The third kappa shape index (κ3) is 2.02. The van der Waals surface area contributed by atoms with Gasteiger partial charge in [-0.1, -0.05) is 25.5 Å². The molecule has 0 bridgehead atoms. The lowest BCUT2D eigenvalue weighted by atomic mass is 9.45. The van der Waals surface area contributed by atoms with E-state index in [0.717, 1.165) is 0 Å². The molecule has 4 nitrogen and oxygen atoms in total. The largest absolute Gasteiger partial charge is 0.381 e. The van der Waals surface area contributed by atoms with Crippen LogP contribution in [0.15, 0.2) is 23.8 Å². The van der Waals surface area contributed by atoms with Crippen LogP contribution in [-0.2, 0) is 14.4 Å². The van der Waals surface area contributed by atoms with Crippen LogP contribution < -0.4 is 0 Å². The Labute approximate surface area is 169 Å². The van der Waals surface area contributed by atoms with E-state index in [1.807, 2.05) is 0 Å². The molecule has 4 rings (SSSR count). The number of allylic oxidation sites excluding steroid dienone is 4. The van der Waals surface area contributed by atoms with Crippen molar-refractivity contribution in [3.63, 3.8) is 0 Å². The van der Waals surface area contributed by atoms with E-state index >= 15 is 4.39 Å². The van der Waals surface area contributed by atoms with E-state index < -0.39 is 45.5 Å². The van der Waals surface area contributed by atoms with Gasteiger partial charge < -0.3 is 5.11 Å². The van der Waals surface area contributed by atoms with Crippen molar-refractivity contribution in [3.8, 4) is 0 Å². The Morgan fingerprint density at radius 1 is 1.32 bits per heavy atom. The zero-order valence-corrected chi connectivity index (χ0v) is 17.2. The molecule has 4 aliphatic rings. The van der Waals surface area contributed by atoms with Crippen LogP contribution in [0.25, 0.3) is 0 Å². The normalized spacial score (nSPS) is 49.9. The fraction of sp³-hybridized carbons (Fsp3) is 0.682. The lowest BCUT2D eigenvalue weighted by Crippen LogP contribution is -2.68. The fourth-order valence-electron chi connectivity index (χ4n) is 6.97. The summed E-state index contributed by atoms with van der Waals surface area (Å²) in [5, 5.41) is 11.4. The number of fused-ring (bicyclic) bond motifs is 5. The van der Waals surface area contributed by atoms with Gasteiger partial charge in [0.1, 0.15) is 5.60 Å². The predicted octanol–water partition coefficient (Wildman–Crippen LogP) is 3.35. The van der Waals surface area contributed by atoms with E-state index in [9.17, 15) is 19.5 Å². The molecular weight excluding hydrogens is 383 g/mol. The summed E-state index contributed by atoms with van der Waals surface area (Å²) in [4.78, 5) is 37.8. The summed E-state index contributed by atoms with van der Waals surface area (Å²) in [6, 6.07) is 0. The number of Topliss-reactive ketones (excluding diaryl/α,β-unsaturated/α-hetero) is 2. The smallest absolute Gasteiger partial charge is 0.184 e. The molecule has 0 aliphatic heterocycles. The highest BCUT2D eigenvalue weighted by atomic mass is 35.5. The summed E-state index contributed by atoms with van der Waals surface area (Å²) in [6.07, 6.45) is 5.56. The Morgan fingerprint density at radius 2 is 2.00 bits per heavy atom. The maximum atomic E-state index is 16.8. The van der Waals surface area contributed by atoms with Gasteiger partial charge in [0, 0.05) is 23.2 Å². The number of rotatable bonds is 2. The molecule has 0 radical (unpaired) electrons. The molecule has 1 N–H and O–H groups in total. The standard InChI is InChI=1S/C22H26ClFO4/c1-12-8-16-15-5-4-13-9-14(25)6-7-19(13,2)21(15,24)17(26)10-20(16,3)22(12,28)18(27)11-23/h6-7,9,12,15-16,28H,4-5,8,10-11H2,1-3H3/t12-,15-,16-,19-,20-,21?,22-/m0/s1. The van der Waals surface area contributed by atoms with Gasteiger partial charge in [-0.2, -0.15) is 0 Å². The summed E-state index contributed by atoms with van der Waals surface area (Å²) in [5.41, 5.74) is -5.42. The first-order valence-corrected chi connectivity index (χ1v) is 10.5. The van der Waals surface area contributed by atoms with Crippen molar-refractivity contribution in [3.05, 3.63) is 23.8 Å². The van der Waals surface area contributed by atoms with Gasteiger partial charge in [0.15, 0.2) is 23.0 Å². The molecule has 6 heteroatoms. The van der Waals surface area contributed by atoms with Crippen LogP contribution in [0.4, 0.5) is 4.39 Å². The van der Waals surface area contributed by atoms with Crippen molar-refractivity contribution < 1.29 is 23.9 Å². The second-order valence-corrected chi connectivity index (χ2v) is 9.82. The molecule has 3 saturated carbocycles. The third-order valence-corrected chi connectivity index (χ3v) is 8.77. The molecule has 0 saturated heterocycles. The molecule has 0 aromatic heterocycles. The number of hydrogen-bond acceptors (Lipinski definition) is 4. The third-order valence-electron chi connectivity index (χ3n) is 8.53. The van der Waals surface area contributed by atoms with Crippen molar-refractivity contribution >= 4 is 29.0 Å². The maximum Gasteiger partial charge on any atom is 0.184 e. The molecule has 0 amide bonds. The fourth-order valence-corrected chi connectivity index (χ4v) is 7.17. The zero-order chi connectivity index (χ0) is 20.7. The zero-order valence-electron chi connectivity index (χ0n) is 16.4. The quantitative estimate of drug-likeness (QED) is 0.711. The molecule has 0 aromatic carbocycles. The molecule has 152 valence electrons. The SMILES string of the molecule is C[C@H]1C[C@H]2[C@@H]3CCC4=CC(=O)C=C[C@]4(C)C3(F)C(=O)C[C@]2(C)[C@@]1(O)C(=O)CCl. The van der Waals surface area contributed by atoms with Gasteiger partial charge in [-0.3, -0.25) is 14.4 Å². The molecule has 0 aromatic rings. The van der Waals surface area contributed by atoms with E-state index in [2.05, 4.69) is 0 Å². The summed E-state index contributed by atoms with van der Waals surface area (Å²) in [5.74, 6) is -2.92. The Bertz CT molecular complexity index is 849. The molecule has 28 heavy (non-hydrogen) atoms. The van der Waals surface area contributed by atoms with Gasteiger partial charge >= 0.3 is 0 Å². The molecule has 0 spiro atoms. The second-order valence-electron chi connectivity index (χ2n) is 9.55. The molecular formula is C22H26ClFO4. The van der Waals surface area contributed by atoms with Gasteiger partial charge in [-0.15, -0.1) is 11.6 Å². The van der Waals surface area contributed by atoms with Gasteiger partial charge in [-0.05, 0) is 50.2 Å². The van der Waals surface area contributed by atoms with Gasteiger partial charge in [-0.25, -0.2) is 4.39 Å². The molecule has 4 aliphatic carbocycles. The van der Waals surface area contributed by atoms with Crippen LogP contribution in [0.1, 0.15) is 46.5 Å². The van der Waals surface area contributed by atoms with Crippen LogP contribution in [0.3, 0.4) is 0 Å². The monoisotopic (exact) mass is 408 g/mol. The van der Waals surface area contributed by atoms with Crippen LogP contribution in [0, 0.1) is 28.6 Å². The van der Waals surface area contributed by atoms with Crippen molar-refractivity contribution in [1.29, 1.82) is 0 Å². The molecule has 7 atom stereocenters. The highest BCUT2D eigenvalue weighted by Crippen LogP contribution is 2.69. The maximum absolute atomic E-state index is 16.8. The Morgan fingerprint density at radius 3 is 2.64 bits per heavy atom. The molecule has 1 unspecified atom stereocenters. The van der Waals surface area contributed by atoms with Gasteiger partial charge in [0.25, 0.3) is 0 Å². The van der Waals surface area contributed by atoms with Gasteiger partial charge in [0.05, 0.1) is 5.88 Å². The lowest BCUT2D eigenvalue weighted by Gasteiger charge is -2.59. The van der Waals surface area contributed by atoms with Crippen molar-refractivity contribution in [1.82, 2.24) is 0 Å². The topological polar surface area (TPSA) is 71.4 Å². The highest BCUT2D eigenvalue weighted by molar-refractivity contribution is 6.29. The molecule has 3 fully saturated rings. The number of alkyl halides is 2. The Kier molecular flexibility index (Phi) is 4.17. The highest BCUT2D eigenvalue weighted by Gasteiger charge is 2.75. The Balaban J connectivity index is 1.85. The Hall–Kier alpha value is -1.33. The first-order chi connectivity index (χ1) is 13.0. The summed E-state index contributed by atoms with van der Waals surface area (Å²) >= 11 is 5.79. The average molecular weight is 409 g/mol. The lowest BCUT2D eigenvalue weighted by molar-refractivity contribution is -0.185. The number of hydrogen-bond donors (Lipinski definition) is 1. The van der Waals surface area contributed by atoms with Crippen LogP contribution in [0.5, 0.6) is 0 Å². The second kappa shape index (κ2) is 5.85. The average Bonchev–Trinajstić information content (AvgIpc) is 2.84. The number of halogens is 2. The summed E-state index contributed by atoms with van der Waals surface area (Å²) in [6.45, 7) is 5.23. The number of carbonyl (C=O) groups excluding carboxylic acids is 3. The van der Waals surface area contributed by atoms with E-state index in [4.69, 9.17) is 11.6 Å². The van der Waals surface area contributed by atoms with Gasteiger partial charge in [0.2, 0.25) is 0 Å². The minimum atomic E-state index is -2.15. The van der Waals surface area contributed by atoms with Crippen LogP contribution >= 0.6 is 11.6 Å². The van der Waals surface area contributed by atoms with E-state index in [1.54, 1.807) is 26.8 Å². The first-order valence-electron chi connectivity index (χ1n) is 9.95. The number of aliphatic hydroxyl groups is 1. The summed E-state index contributed by atoms with van der Waals surface area (Å²) < 4.78 is 16.8. The van der Waals surface area contributed by atoms with Crippen LogP contribution in [0.2, 0.25) is 0 Å². The van der Waals surface area contributed by atoms with E-state index in [-0.39, 0.29) is 24.0 Å². The minimum absolute atomic E-state index is 0.181. The molecule has 0 heterocycles. The summed E-state index contributed by atoms with van der Waals surface area (Å²) in [7, 11) is 0. The first kappa shape index (κ1) is 20.0. The van der Waals surface area contributed by atoms with Crippen molar-refractivity contribution in [2.45, 2.75) is 57.7 Å². The minimum Gasteiger partial charge on any atom is -0.381 e. The van der Waals surface area contributed by atoms with E-state index in [0.29, 0.717) is 24.8 Å². The number of carbonyl (C=O) groups is 3. The number of ketones is 3. The van der Waals surface area contributed by atoms with Crippen LogP contribution in [-0.4, -0.2) is 39.6 Å². The predicted molar refractivity (Wildman–Crippen MR) is 103 cm³/mol. The van der Waals surface area contributed by atoms with Crippen molar-refractivity contribution in [2.24, 2.45) is 28.6 Å².